The minimum absolute atomic E-state index is 0.0402. The predicted molar refractivity (Wildman–Crippen MR) is 83.3 cm³/mol. The Balaban J connectivity index is 2.68. The molecule has 2 atom stereocenters. The zero-order chi connectivity index (χ0) is 17.8. The van der Waals surface area contributed by atoms with Crippen molar-refractivity contribution in [2.75, 3.05) is 13.1 Å². The van der Waals surface area contributed by atoms with E-state index in [0.29, 0.717) is 0 Å². The summed E-state index contributed by atoms with van der Waals surface area (Å²) >= 11 is 0. The van der Waals surface area contributed by atoms with Gasteiger partial charge in [0.15, 0.2) is 0 Å². The second kappa shape index (κ2) is 6.99. The average molecular weight is 327 g/mol. The highest BCUT2D eigenvalue weighted by molar-refractivity contribution is 5.89. The Morgan fingerprint density at radius 1 is 1.48 bits per heavy atom. The van der Waals surface area contributed by atoms with Crippen molar-refractivity contribution in [1.29, 1.82) is 0 Å². The molecule has 0 saturated carbocycles. The molecule has 23 heavy (non-hydrogen) atoms. The van der Waals surface area contributed by atoms with Gasteiger partial charge in [-0.3, -0.25) is 9.59 Å². The zero-order valence-electron chi connectivity index (χ0n) is 13.8. The van der Waals surface area contributed by atoms with Crippen molar-refractivity contribution in [3.05, 3.63) is 12.7 Å². The topological polar surface area (TPSA) is 122 Å². The highest BCUT2D eigenvalue weighted by atomic mass is 16.6. The molecule has 0 aromatic carbocycles. The number of rotatable bonds is 5. The zero-order valence-corrected chi connectivity index (χ0v) is 13.8. The first kappa shape index (κ1) is 19.0. The summed E-state index contributed by atoms with van der Waals surface area (Å²) in [6.45, 7) is 8.27. The first-order valence-electron chi connectivity index (χ1n) is 7.36. The molecule has 0 aromatic heterocycles. The normalized spacial score (nSPS) is 24.2. The molecule has 3 amide bonds. The molecule has 1 aliphatic rings. The number of hydrogen-bond acceptors (Lipinski definition) is 5. The number of hydrogen-bond donors (Lipinski definition) is 3. The van der Waals surface area contributed by atoms with Crippen molar-refractivity contribution < 1.29 is 24.2 Å². The molecule has 0 bridgehead atoms. The molecule has 1 saturated heterocycles. The number of amides is 3. The summed E-state index contributed by atoms with van der Waals surface area (Å²) in [6, 6.07) is -0.909. The van der Waals surface area contributed by atoms with Gasteiger partial charge in [-0.15, -0.1) is 6.58 Å². The van der Waals surface area contributed by atoms with Gasteiger partial charge in [0.2, 0.25) is 11.8 Å². The fourth-order valence-corrected chi connectivity index (χ4v) is 2.46. The van der Waals surface area contributed by atoms with E-state index in [1.807, 2.05) is 0 Å². The molecule has 1 rings (SSSR count). The Kier molecular flexibility index (Phi) is 5.76. The van der Waals surface area contributed by atoms with Gasteiger partial charge >= 0.3 is 6.09 Å². The Morgan fingerprint density at radius 3 is 2.57 bits per heavy atom. The van der Waals surface area contributed by atoms with E-state index >= 15 is 0 Å². The fourth-order valence-electron chi connectivity index (χ4n) is 2.46. The summed E-state index contributed by atoms with van der Waals surface area (Å²) in [5.74, 6) is -1.21. The van der Waals surface area contributed by atoms with Crippen LogP contribution in [0.3, 0.4) is 0 Å². The summed E-state index contributed by atoms with van der Waals surface area (Å²) in [6.07, 6.45) is 1.07. The molecule has 8 heteroatoms. The number of alkyl carbamates (subject to hydrolysis) is 1. The van der Waals surface area contributed by atoms with Crippen molar-refractivity contribution in [3.63, 3.8) is 0 Å². The molecular weight excluding hydrogens is 302 g/mol. The van der Waals surface area contributed by atoms with Gasteiger partial charge in [-0.2, -0.15) is 0 Å². The molecule has 130 valence electrons. The number of primary amides is 1. The van der Waals surface area contributed by atoms with Gasteiger partial charge in [0.1, 0.15) is 18.2 Å². The van der Waals surface area contributed by atoms with E-state index in [2.05, 4.69) is 11.9 Å². The first-order chi connectivity index (χ1) is 10.5. The summed E-state index contributed by atoms with van der Waals surface area (Å²) in [5, 5.41) is 12.7. The van der Waals surface area contributed by atoms with Crippen molar-refractivity contribution in [2.24, 2.45) is 5.73 Å². The molecule has 0 aromatic rings. The Morgan fingerprint density at radius 2 is 2.09 bits per heavy atom. The van der Waals surface area contributed by atoms with Crippen LogP contribution < -0.4 is 11.1 Å². The number of β-amino-alcohol motifs (C(OH)–C–C–N with tert-alkyl or cyclic N) is 1. The number of aliphatic hydroxyl groups is 1. The molecule has 1 aliphatic heterocycles. The van der Waals surface area contributed by atoms with Crippen LogP contribution in [0, 0.1) is 0 Å². The van der Waals surface area contributed by atoms with E-state index in [-0.39, 0.29) is 25.9 Å². The van der Waals surface area contributed by atoms with Crippen LogP contribution in [-0.4, -0.2) is 58.2 Å². The fraction of sp³-hybridized carbons (Fsp3) is 0.667. The number of carbonyl (C=O) groups is 3. The van der Waals surface area contributed by atoms with Crippen LogP contribution in [0.4, 0.5) is 4.79 Å². The lowest BCUT2D eigenvalue weighted by atomic mass is 9.96. The molecule has 1 heterocycles. The Bertz CT molecular complexity index is 500. The summed E-state index contributed by atoms with van der Waals surface area (Å²) in [4.78, 5) is 36.5. The van der Waals surface area contributed by atoms with E-state index in [1.165, 1.54) is 11.0 Å². The standard InChI is InChI=1S/C15H25N3O5/c1-5-6-15(22)7-10(12(16)20)18(9-15)11(19)8-17-13(21)23-14(2,3)4/h5,10,22H,1,6-9H2,2-4H3,(H2,16,20)(H,17,21)/t10-,15-/m0/s1. The second-order valence-corrected chi connectivity index (χ2v) is 6.72. The maximum absolute atomic E-state index is 12.2. The lowest BCUT2D eigenvalue weighted by Gasteiger charge is -2.24. The number of likely N-dealkylation sites (tertiary alicyclic amines) is 1. The Hall–Kier alpha value is -2.09. The van der Waals surface area contributed by atoms with E-state index in [0.717, 1.165) is 0 Å². The van der Waals surface area contributed by atoms with Gasteiger partial charge < -0.3 is 25.8 Å². The van der Waals surface area contributed by atoms with E-state index < -0.39 is 35.2 Å². The molecule has 0 radical (unpaired) electrons. The monoisotopic (exact) mass is 327 g/mol. The van der Waals surface area contributed by atoms with Gasteiger partial charge in [0, 0.05) is 6.42 Å². The molecule has 4 N–H and O–H groups in total. The average Bonchev–Trinajstić information content (AvgIpc) is 2.73. The number of nitrogens with zero attached hydrogens (tertiary/aromatic N) is 1. The first-order valence-corrected chi connectivity index (χ1v) is 7.36. The third-order valence-electron chi connectivity index (χ3n) is 3.37. The van der Waals surface area contributed by atoms with Crippen LogP contribution in [0.25, 0.3) is 0 Å². The summed E-state index contributed by atoms with van der Waals surface area (Å²) in [7, 11) is 0. The van der Waals surface area contributed by atoms with Gasteiger partial charge in [-0.1, -0.05) is 6.08 Å². The highest BCUT2D eigenvalue weighted by Crippen LogP contribution is 2.30. The molecule has 1 fully saturated rings. The Labute approximate surface area is 135 Å². The highest BCUT2D eigenvalue weighted by Gasteiger charge is 2.46. The second-order valence-electron chi connectivity index (χ2n) is 6.72. The quantitative estimate of drug-likeness (QED) is 0.609. The molecule has 0 aliphatic carbocycles. The van der Waals surface area contributed by atoms with Crippen LogP contribution in [0.1, 0.15) is 33.6 Å². The minimum atomic E-state index is -1.23. The molecule has 0 spiro atoms. The van der Waals surface area contributed by atoms with Crippen LogP contribution >= 0.6 is 0 Å². The minimum Gasteiger partial charge on any atom is -0.444 e. The smallest absolute Gasteiger partial charge is 0.408 e. The SMILES string of the molecule is C=CC[C@]1(O)C[C@@H](C(N)=O)N(C(=O)CNC(=O)OC(C)(C)C)C1. The van der Waals surface area contributed by atoms with Crippen LogP contribution in [0.5, 0.6) is 0 Å². The molecule has 0 unspecified atom stereocenters. The number of nitrogens with one attached hydrogen (secondary N) is 1. The lowest BCUT2D eigenvalue weighted by Crippen LogP contribution is -2.48. The van der Waals surface area contributed by atoms with E-state index in [1.54, 1.807) is 20.8 Å². The number of nitrogens with two attached hydrogens (primary N) is 1. The largest absolute Gasteiger partial charge is 0.444 e. The lowest BCUT2D eigenvalue weighted by molar-refractivity contribution is -0.136. The molecule has 8 nitrogen and oxygen atoms in total. The van der Waals surface area contributed by atoms with Crippen molar-refractivity contribution in [1.82, 2.24) is 10.2 Å². The van der Waals surface area contributed by atoms with Gasteiger partial charge in [0.25, 0.3) is 0 Å². The number of carbonyl (C=O) groups excluding carboxylic acids is 3. The van der Waals surface area contributed by atoms with Gasteiger partial charge in [-0.05, 0) is 27.2 Å². The predicted octanol–water partition coefficient (Wildman–Crippen LogP) is -0.0955. The summed E-state index contributed by atoms with van der Waals surface area (Å²) < 4.78 is 5.03. The van der Waals surface area contributed by atoms with Crippen LogP contribution in [0.15, 0.2) is 12.7 Å². The third kappa shape index (κ3) is 5.55. The van der Waals surface area contributed by atoms with Gasteiger partial charge in [-0.25, -0.2) is 4.79 Å². The summed E-state index contributed by atoms with van der Waals surface area (Å²) in [5.41, 5.74) is 3.39. The number of ether oxygens (including phenoxy) is 1. The van der Waals surface area contributed by atoms with Crippen molar-refractivity contribution in [2.45, 2.75) is 50.9 Å². The van der Waals surface area contributed by atoms with E-state index in [4.69, 9.17) is 10.5 Å². The van der Waals surface area contributed by atoms with Crippen LogP contribution in [-0.2, 0) is 14.3 Å². The van der Waals surface area contributed by atoms with Crippen molar-refractivity contribution in [3.8, 4) is 0 Å². The van der Waals surface area contributed by atoms with E-state index in [9.17, 15) is 19.5 Å². The van der Waals surface area contributed by atoms with Crippen molar-refractivity contribution >= 4 is 17.9 Å². The molecular formula is C15H25N3O5. The maximum atomic E-state index is 12.2. The van der Waals surface area contributed by atoms with Gasteiger partial charge in [0.05, 0.1) is 12.1 Å². The third-order valence-corrected chi connectivity index (χ3v) is 3.37. The maximum Gasteiger partial charge on any atom is 0.408 e. The van der Waals surface area contributed by atoms with Crippen LogP contribution in [0.2, 0.25) is 0 Å².